The van der Waals surface area contributed by atoms with Gasteiger partial charge in [-0.15, -0.1) is 0 Å². The molecule has 1 amide bonds. The number of hydrogen-bond donors (Lipinski definition) is 1. The summed E-state index contributed by atoms with van der Waals surface area (Å²) in [6.45, 7) is 1.87. The molecule has 0 saturated heterocycles. The van der Waals surface area contributed by atoms with Crippen LogP contribution in [0, 0.1) is 0 Å². The second-order valence-electron chi connectivity index (χ2n) is 4.55. The van der Waals surface area contributed by atoms with Crippen LogP contribution in [0.25, 0.3) is 0 Å². The highest BCUT2D eigenvalue weighted by atomic mass is 16.5. The Morgan fingerprint density at radius 1 is 1.19 bits per heavy atom. The fourth-order valence-corrected chi connectivity index (χ4v) is 1.79. The molecule has 2 rings (SSSR count). The largest absolute Gasteiger partial charge is 0.497 e. The molecule has 0 fully saturated rings. The standard InChI is InChI=1S/C16H17N3O2/c1-12(11-13-3-5-15(21-2)6-4-13)18-19-16(20)14-7-9-17-10-8-14/h3-10H,11H2,1-2H3,(H,19,20)/b18-12-. The first-order valence-corrected chi connectivity index (χ1v) is 6.55. The van der Waals surface area contributed by atoms with Crippen molar-refractivity contribution >= 4 is 11.6 Å². The van der Waals surface area contributed by atoms with E-state index in [0.29, 0.717) is 12.0 Å². The number of amides is 1. The van der Waals surface area contributed by atoms with E-state index in [1.807, 2.05) is 31.2 Å². The lowest BCUT2D eigenvalue weighted by Crippen LogP contribution is -2.19. The molecule has 0 saturated carbocycles. The van der Waals surface area contributed by atoms with Gasteiger partial charge in [0.05, 0.1) is 7.11 Å². The van der Waals surface area contributed by atoms with Gasteiger partial charge in [0.15, 0.2) is 0 Å². The number of nitrogens with one attached hydrogen (secondary N) is 1. The maximum absolute atomic E-state index is 11.8. The van der Waals surface area contributed by atoms with Gasteiger partial charge in [-0.1, -0.05) is 12.1 Å². The van der Waals surface area contributed by atoms with Gasteiger partial charge >= 0.3 is 0 Å². The summed E-state index contributed by atoms with van der Waals surface area (Å²) in [4.78, 5) is 15.7. The van der Waals surface area contributed by atoms with Crippen LogP contribution in [-0.4, -0.2) is 23.7 Å². The van der Waals surface area contributed by atoms with Crippen molar-refractivity contribution in [1.29, 1.82) is 0 Å². The van der Waals surface area contributed by atoms with Crippen molar-refractivity contribution in [1.82, 2.24) is 10.4 Å². The number of ether oxygens (including phenoxy) is 1. The first-order valence-electron chi connectivity index (χ1n) is 6.55. The molecule has 5 heteroatoms. The minimum atomic E-state index is -0.244. The summed E-state index contributed by atoms with van der Waals surface area (Å²) in [6.07, 6.45) is 3.81. The molecule has 0 aliphatic carbocycles. The predicted octanol–water partition coefficient (Wildman–Crippen LogP) is 2.44. The van der Waals surface area contributed by atoms with E-state index in [4.69, 9.17) is 4.74 Å². The van der Waals surface area contributed by atoms with Gasteiger partial charge < -0.3 is 4.74 Å². The highest BCUT2D eigenvalue weighted by Gasteiger charge is 2.03. The maximum Gasteiger partial charge on any atom is 0.271 e. The van der Waals surface area contributed by atoms with Gasteiger partial charge in [0.25, 0.3) is 5.91 Å². The Labute approximate surface area is 123 Å². The zero-order chi connectivity index (χ0) is 15.1. The van der Waals surface area contributed by atoms with Crippen LogP contribution in [0.4, 0.5) is 0 Å². The molecule has 0 atom stereocenters. The Kier molecular flexibility index (Phi) is 5.04. The van der Waals surface area contributed by atoms with E-state index in [1.54, 1.807) is 31.6 Å². The molecule has 1 aromatic heterocycles. The molecule has 0 unspecified atom stereocenters. The van der Waals surface area contributed by atoms with Crippen molar-refractivity contribution in [2.75, 3.05) is 7.11 Å². The van der Waals surface area contributed by atoms with Gasteiger partial charge in [0, 0.05) is 30.1 Å². The summed E-state index contributed by atoms with van der Waals surface area (Å²) in [7, 11) is 1.64. The number of benzene rings is 1. The van der Waals surface area contributed by atoms with E-state index in [-0.39, 0.29) is 5.91 Å². The van der Waals surface area contributed by atoms with Crippen LogP contribution >= 0.6 is 0 Å². The lowest BCUT2D eigenvalue weighted by atomic mass is 10.1. The number of nitrogens with zero attached hydrogens (tertiary/aromatic N) is 2. The molecule has 0 aliphatic rings. The molecule has 1 aromatic carbocycles. The smallest absolute Gasteiger partial charge is 0.271 e. The molecule has 0 aliphatic heterocycles. The maximum atomic E-state index is 11.8. The van der Waals surface area contributed by atoms with E-state index < -0.39 is 0 Å². The molecule has 21 heavy (non-hydrogen) atoms. The monoisotopic (exact) mass is 283 g/mol. The fourth-order valence-electron chi connectivity index (χ4n) is 1.79. The lowest BCUT2D eigenvalue weighted by molar-refractivity contribution is 0.0954. The van der Waals surface area contributed by atoms with Crippen LogP contribution in [0.3, 0.4) is 0 Å². The van der Waals surface area contributed by atoms with Crippen LogP contribution in [0.15, 0.2) is 53.9 Å². The Morgan fingerprint density at radius 2 is 1.86 bits per heavy atom. The third-order valence-electron chi connectivity index (χ3n) is 2.91. The predicted molar refractivity (Wildman–Crippen MR) is 81.5 cm³/mol. The molecular weight excluding hydrogens is 266 g/mol. The Hall–Kier alpha value is -2.69. The van der Waals surface area contributed by atoms with Gasteiger partial charge in [-0.3, -0.25) is 9.78 Å². The minimum Gasteiger partial charge on any atom is -0.497 e. The van der Waals surface area contributed by atoms with E-state index >= 15 is 0 Å². The van der Waals surface area contributed by atoms with Crippen molar-refractivity contribution in [3.05, 3.63) is 59.9 Å². The average molecular weight is 283 g/mol. The summed E-state index contributed by atoms with van der Waals surface area (Å²) in [6, 6.07) is 11.0. The van der Waals surface area contributed by atoms with Crippen molar-refractivity contribution in [3.8, 4) is 5.75 Å². The number of hydrazone groups is 1. The Balaban J connectivity index is 1.93. The highest BCUT2D eigenvalue weighted by molar-refractivity contribution is 5.95. The highest BCUT2D eigenvalue weighted by Crippen LogP contribution is 2.11. The lowest BCUT2D eigenvalue weighted by Gasteiger charge is -2.04. The first-order chi connectivity index (χ1) is 10.2. The topological polar surface area (TPSA) is 63.6 Å². The molecule has 108 valence electrons. The number of carbonyl (C=O) groups excluding carboxylic acids is 1. The van der Waals surface area contributed by atoms with Crippen molar-refractivity contribution in [2.45, 2.75) is 13.3 Å². The van der Waals surface area contributed by atoms with Gasteiger partial charge in [-0.05, 0) is 36.8 Å². The Bertz CT molecular complexity index is 622. The molecule has 0 radical (unpaired) electrons. The average Bonchev–Trinajstić information content (AvgIpc) is 2.54. The fraction of sp³-hybridized carbons (Fsp3) is 0.188. The summed E-state index contributed by atoms with van der Waals surface area (Å²) >= 11 is 0. The molecule has 1 heterocycles. The number of carbonyl (C=O) groups is 1. The first kappa shape index (κ1) is 14.7. The summed E-state index contributed by atoms with van der Waals surface area (Å²) in [5, 5.41) is 4.10. The van der Waals surface area contributed by atoms with Gasteiger partial charge in [0.2, 0.25) is 0 Å². The molecule has 2 aromatic rings. The van der Waals surface area contributed by atoms with E-state index in [1.165, 1.54) is 0 Å². The van der Waals surface area contributed by atoms with Crippen LogP contribution in [0.2, 0.25) is 0 Å². The van der Waals surface area contributed by atoms with Crippen LogP contribution in [0.5, 0.6) is 5.75 Å². The second kappa shape index (κ2) is 7.19. The van der Waals surface area contributed by atoms with Crippen LogP contribution in [0.1, 0.15) is 22.8 Å². The third kappa shape index (κ3) is 4.42. The van der Waals surface area contributed by atoms with Crippen LogP contribution < -0.4 is 10.2 Å². The molecule has 0 bridgehead atoms. The second-order valence-corrected chi connectivity index (χ2v) is 4.55. The Morgan fingerprint density at radius 3 is 2.48 bits per heavy atom. The van der Waals surface area contributed by atoms with Crippen LogP contribution in [-0.2, 0) is 6.42 Å². The number of rotatable bonds is 5. The van der Waals surface area contributed by atoms with Crippen molar-refractivity contribution < 1.29 is 9.53 Å². The quantitative estimate of drug-likeness (QED) is 0.677. The number of aromatic nitrogens is 1. The zero-order valence-electron chi connectivity index (χ0n) is 12.0. The van der Waals surface area contributed by atoms with E-state index in [0.717, 1.165) is 17.0 Å². The minimum absolute atomic E-state index is 0.244. The number of methoxy groups -OCH3 is 1. The molecule has 5 nitrogen and oxygen atoms in total. The van der Waals surface area contributed by atoms with Gasteiger partial charge in [0.1, 0.15) is 5.75 Å². The van der Waals surface area contributed by atoms with Crippen molar-refractivity contribution in [3.63, 3.8) is 0 Å². The molecule has 0 spiro atoms. The zero-order valence-corrected chi connectivity index (χ0v) is 12.0. The van der Waals surface area contributed by atoms with Gasteiger partial charge in [-0.2, -0.15) is 5.10 Å². The normalized spacial score (nSPS) is 11.0. The summed E-state index contributed by atoms with van der Waals surface area (Å²) < 4.78 is 5.11. The number of hydrogen-bond acceptors (Lipinski definition) is 4. The van der Waals surface area contributed by atoms with Gasteiger partial charge in [-0.25, -0.2) is 5.43 Å². The number of pyridine rings is 1. The van der Waals surface area contributed by atoms with Crippen molar-refractivity contribution in [2.24, 2.45) is 5.10 Å². The van der Waals surface area contributed by atoms with E-state index in [2.05, 4.69) is 15.5 Å². The SMILES string of the molecule is COc1ccc(C/C(C)=N\NC(=O)c2ccncc2)cc1. The van der Waals surface area contributed by atoms with E-state index in [9.17, 15) is 4.79 Å². The third-order valence-corrected chi connectivity index (χ3v) is 2.91. The molecule has 1 N–H and O–H groups in total. The summed E-state index contributed by atoms with van der Waals surface area (Å²) in [5.41, 5.74) is 5.00. The molecular formula is C16H17N3O2. The summed E-state index contributed by atoms with van der Waals surface area (Å²) in [5.74, 6) is 0.575.